The Bertz CT molecular complexity index is 739. The van der Waals surface area contributed by atoms with Crippen molar-refractivity contribution in [1.82, 2.24) is 9.97 Å². The van der Waals surface area contributed by atoms with Crippen LogP contribution in [0.15, 0.2) is 0 Å². The standard InChI is InChI=1S/C15H23N7OS/c16-5-4-6-19-15-20-13(22-7-2-1-3-8-22)9-10(17)11(12(18)23)24-14(9)21-15/h1-8,16-17H2,(H2,18,23)(H,19,20,21). The molecule has 1 saturated heterocycles. The number of nitrogens with zero attached hydrogens (tertiary/aromatic N) is 3. The molecule has 0 atom stereocenters. The van der Waals surface area contributed by atoms with Crippen molar-refractivity contribution >= 4 is 44.9 Å². The van der Waals surface area contributed by atoms with E-state index in [0.29, 0.717) is 34.4 Å². The second-order valence-electron chi connectivity index (χ2n) is 5.88. The van der Waals surface area contributed by atoms with E-state index in [1.807, 2.05) is 0 Å². The smallest absolute Gasteiger partial charge is 0.260 e. The first kappa shape index (κ1) is 16.7. The molecule has 3 rings (SSSR count). The number of piperidine rings is 1. The van der Waals surface area contributed by atoms with Gasteiger partial charge in [-0.2, -0.15) is 4.98 Å². The number of primary amides is 1. The molecule has 0 unspecified atom stereocenters. The summed E-state index contributed by atoms with van der Waals surface area (Å²) in [6, 6.07) is 0. The first-order chi connectivity index (χ1) is 11.6. The number of nitrogen functional groups attached to an aromatic ring is 1. The molecule has 0 aromatic carbocycles. The second kappa shape index (κ2) is 7.18. The van der Waals surface area contributed by atoms with E-state index >= 15 is 0 Å². The van der Waals surface area contributed by atoms with E-state index in [1.54, 1.807) is 0 Å². The monoisotopic (exact) mass is 349 g/mol. The number of aromatic nitrogens is 2. The van der Waals surface area contributed by atoms with E-state index in [-0.39, 0.29) is 0 Å². The predicted molar refractivity (Wildman–Crippen MR) is 98.6 cm³/mol. The van der Waals surface area contributed by atoms with Crippen LogP contribution in [0, 0.1) is 0 Å². The molecule has 1 aliphatic rings. The molecular weight excluding hydrogens is 326 g/mol. The Morgan fingerprint density at radius 1 is 1.25 bits per heavy atom. The van der Waals surface area contributed by atoms with E-state index in [2.05, 4.69) is 20.2 Å². The molecule has 3 heterocycles. The number of fused-ring (bicyclic) bond motifs is 1. The van der Waals surface area contributed by atoms with Crippen LogP contribution in [0.2, 0.25) is 0 Å². The highest BCUT2D eigenvalue weighted by Gasteiger charge is 2.23. The van der Waals surface area contributed by atoms with Crippen LogP contribution in [0.1, 0.15) is 35.4 Å². The van der Waals surface area contributed by atoms with E-state index in [4.69, 9.17) is 17.2 Å². The molecule has 2 aromatic heterocycles. The van der Waals surface area contributed by atoms with Crippen LogP contribution in [0.3, 0.4) is 0 Å². The summed E-state index contributed by atoms with van der Waals surface area (Å²) in [5, 5.41) is 3.93. The number of hydrogen-bond donors (Lipinski definition) is 4. The fourth-order valence-electron chi connectivity index (χ4n) is 2.90. The van der Waals surface area contributed by atoms with Crippen molar-refractivity contribution in [2.24, 2.45) is 11.5 Å². The van der Waals surface area contributed by atoms with Gasteiger partial charge in [0.2, 0.25) is 5.95 Å². The van der Waals surface area contributed by atoms with Gasteiger partial charge < -0.3 is 27.4 Å². The molecule has 0 bridgehead atoms. The Balaban J connectivity index is 2.07. The van der Waals surface area contributed by atoms with E-state index < -0.39 is 5.91 Å². The number of carbonyl (C=O) groups is 1. The maximum absolute atomic E-state index is 11.6. The highest BCUT2D eigenvalue weighted by molar-refractivity contribution is 7.21. The van der Waals surface area contributed by atoms with E-state index in [9.17, 15) is 4.79 Å². The number of rotatable bonds is 6. The van der Waals surface area contributed by atoms with Gasteiger partial charge in [0.1, 0.15) is 15.5 Å². The van der Waals surface area contributed by atoms with Gasteiger partial charge in [-0.05, 0) is 32.2 Å². The van der Waals surface area contributed by atoms with Crippen LogP contribution in [-0.2, 0) is 0 Å². The van der Waals surface area contributed by atoms with Crippen LogP contribution in [0.25, 0.3) is 10.2 Å². The SMILES string of the molecule is NCCCNc1nc(N2CCCCC2)c2c(N)c(C(N)=O)sc2n1. The lowest BCUT2D eigenvalue weighted by molar-refractivity contribution is 0.100. The van der Waals surface area contributed by atoms with Crippen molar-refractivity contribution in [3.8, 4) is 0 Å². The average molecular weight is 349 g/mol. The summed E-state index contributed by atoms with van der Waals surface area (Å²) >= 11 is 1.22. The minimum atomic E-state index is -0.530. The first-order valence-electron chi connectivity index (χ1n) is 8.20. The van der Waals surface area contributed by atoms with Crippen molar-refractivity contribution in [3.63, 3.8) is 0 Å². The Hall–Kier alpha value is -2.13. The van der Waals surface area contributed by atoms with Crippen molar-refractivity contribution in [3.05, 3.63) is 4.88 Å². The molecule has 8 nitrogen and oxygen atoms in total. The van der Waals surface area contributed by atoms with Gasteiger partial charge in [0.25, 0.3) is 5.91 Å². The van der Waals surface area contributed by atoms with Crippen molar-refractivity contribution in [2.45, 2.75) is 25.7 Å². The van der Waals surface area contributed by atoms with Gasteiger partial charge in [-0.25, -0.2) is 4.98 Å². The highest BCUT2D eigenvalue weighted by Crippen LogP contribution is 2.39. The topological polar surface area (TPSA) is 136 Å². The Morgan fingerprint density at radius 3 is 2.67 bits per heavy atom. The summed E-state index contributed by atoms with van der Waals surface area (Å²) in [6.45, 7) is 3.15. The number of anilines is 3. The molecule has 1 aliphatic heterocycles. The van der Waals surface area contributed by atoms with Crippen molar-refractivity contribution in [1.29, 1.82) is 0 Å². The lowest BCUT2D eigenvalue weighted by atomic mass is 10.1. The molecule has 1 amide bonds. The van der Waals surface area contributed by atoms with Gasteiger partial charge in [0.05, 0.1) is 11.1 Å². The van der Waals surface area contributed by atoms with Crippen LogP contribution in [0.5, 0.6) is 0 Å². The number of carbonyl (C=O) groups excluding carboxylic acids is 1. The summed E-state index contributed by atoms with van der Waals surface area (Å²) in [4.78, 5) is 24.1. The number of hydrogen-bond acceptors (Lipinski definition) is 8. The Morgan fingerprint density at radius 2 is 2.00 bits per heavy atom. The van der Waals surface area contributed by atoms with Crippen molar-refractivity contribution in [2.75, 3.05) is 42.1 Å². The Kier molecular flexibility index (Phi) is 5.00. The largest absolute Gasteiger partial charge is 0.397 e. The molecule has 130 valence electrons. The fraction of sp³-hybridized carbons (Fsp3) is 0.533. The maximum atomic E-state index is 11.6. The number of thiophene rings is 1. The summed E-state index contributed by atoms with van der Waals surface area (Å²) in [6.07, 6.45) is 4.29. The van der Waals surface area contributed by atoms with Crippen LogP contribution < -0.4 is 27.4 Å². The van der Waals surface area contributed by atoms with Crippen molar-refractivity contribution < 1.29 is 4.79 Å². The molecule has 24 heavy (non-hydrogen) atoms. The third kappa shape index (κ3) is 3.22. The summed E-state index contributed by atoms with van der Waals surface area (Å²) in [7, 11) is 0. The zero-order valence-corrected chi connectivity index (χ0v) is 14.4. The lowest BCUT2D eigenvalue weighted by Gasteiger charge is -2.28. The number of nitrogens with one attached hydrogen (secondary N) is 1. The van der Waals surface area contributed by atoms with Gasteiger partial charge in [-0.3, -0.25) is 4.79 Å². The molecule has 1 fully saturated rings. The van der Waals surface area contributed by atoms with Gasteiger partial charge in [0.15, 0.2) is 0 Å². The third-order valence-corrected chi connectivity index (χ3v) is 5.23. The first-order valence-corrected chi connectivity index (χ1v) is 9.02. The normalized spacial score (nSPS) is 15.0. The van der Waals surface area contributed by atoms with Crippen LogP contribution >= 0.6 is 11.3 Å². The zero-order chi connectivity index (χ0) is 17.1. The van der Waals surface area contributed by atoms with E-state index in [1.165, 1.54) is 17.8 Å². The quantitative estimate of drug-likeness (QED) is 0.574. The molecule has 0 aliphatic carbocycles. The maximum Gasteiger partial charge on any atom is 0.260 e. The Labute approximate surface area is 144 Å². The second-order valence-corrected chi connectivity index (χ2v) is 6.88. The third-order valence-electron chi connectivity index (χ3n) is 4.11. The average Bonchev–Trinajstić information content (AvgIpc) is 2.92. The van der Waals surface area contributed by atoms with Crippen LogP contribution in [0.4, 0.5) is 17.5 Å². The molecule has 2 aromatic rings. The van der Waals surface area contributed by atoms with Gasteiger partial charge >= 0.3 is 0 Å². The predicted octanol–water partition coefficient (Wildman–Crippen LogP) is 1.12. The zero-order valence-electron chi connectivity index (χ0n) is 13.5. The highest BCUT2D eigenvalue weighted by atomic mass is 32.1. The lowest BCUT2D eigenvalue weighted by Crippen LogP contribution is -2.30. The summed E-state index contributed by atoms with van der Waals surface area (Å²) in [5.74, 6) is 0.794. The number of amides is 1. The van der Waals surface area contributed by atoms with Gasteiger partial charge in [-0.15, -0.1) is 11.3 Å². The molecular formula is C15H23N7OS. The summed E-state index contributed by atoms with van der Waals surface area (Å²) in [5.41, 5.74) is 17.5. The molecule has 0 radical (unpaired) electrons. The molecule has 7 N–H and O–H groups in total. The van der Waals surface area contributed by atoms with Gasteiger partial charge in [0, 0.05) is 19.6 Å². The number of nitrogens with two attached hydrogens (primary N) is 3. The van der Waals surface area contributed by atoms with Gasteiger partial charge in [-0.1, -0.05) is 0 Å². The summed E-state index contributed by atoms with van der Waals surface area (Å²) < 4.78 is 0. The minimum absolute atomic E-state index is 0.344. The van der Waals surface area contributed by atoms with E-state index in [0.717, 1.165) is 43.6 Å². The molecule has 9 heteroatoms. The molecule has 0 saturated carbocycles. The molecule has 0 spiro atoms. The minimum Gasteiger partial charge on any atom is -0.397 e. The van der Waals surface area contributed by atoms with Crippen LogP contribution in [-0.4, -0.2) is 42.1 Å². The fourth-order valence-corrected chi connectivity index (χ4v) is 3.84.